The number of halogens is 3. The molecule has 1 amide bonds. The van der Waals surface area contributed by atoms with E-state index in [1.807, 2.05) is 19.9 Å². The van der Waals surface area contributed by atoms with Crippen LogP contribution in [-0.4, -0.2) is 45.2 Å². The number of guanidine groups is 1. The first kappa shape index (κ1) is 24.2. The molecule has 1 rings (SSSR count). The van der Waals surface area contributed by atoms with E-state index in [1.165, 1.54) is 0 Å². The predicted molar refractivity (Wildman–Crippen MR) is 114 cm³/mol. The lowest BCUT2D eigenvalue weighted by atomic mass is 10.1. The van der Waals surface area contributed by atoms with E-state index in [1.54, 1.807) is 19.2 Å². The molecule has 1 unspecified atom stereocenters. The van der Waals surface area contributed by atoms with Gasteiger partial charge in [0.05, 0.1) is 12.6 Å². The second-order valence-corrected chi connectivity index (χ2v) is 5.91. The number of ether oxygens (including phenoxy) is 1. The molecule has 0 aliphatic rings. The van der Waals surface area contributed by atoms with Crippen molar-refractivity contribution in [1.82, 2.24) is 16.0 Å². The van der Waals surface area contributed by atoms with Crippen molar-refractivity contribution >= 4 is 59.0 Å². The molecule has 0 bridgehead atoms. The third-order valence-corrected chi connectivity index (χ3v) is 3.70. The molecule has 0 heterocycles. The van der Waals surface area contributed by atoms with Crippen molar-refractivity contribution in [2.24, 2.45) is 4.99 Å². The van der Waals surface area contributed by atoms with Gasteiger partial charge in [0.15, 0.2) is 5.96 Å². The highest BCUT2D eigenvalue weighted by atomic mass is 127. The van der Waals surface area contributed by atoms with E-state index < -0.39 is 0 Å². The quantitative estimate of drug-likeness (QED) is 0.221. The van der Waals surface area contributed by atoms with Crippen LogP contribution in [0, 0.1) is 0 Å². The predicted octanol–water partition coefficient (Wildman–Crippen LogP) is 2.99. The van der Waals surface area contributed by atoms with Crippen LogP contribution < -0.4 is 16.0 Å². The summed E-state index contributed by atoms with van der Waals surface area (Å²) in [5.41, 5.74) is 0.899. The normalized spacial score (nSPS) is 12.1. The van der Waals surface area contributed by atoms with E-state index in [4.69, 9.17) is 27.9 Å². The van der Waals surface area contributed by atoms with Crippen molar-refractivity contribution in [3.8, 4) is 0 Å². The van der Waals surface area contributed by atoms with Crippen LogP contribution in [0.4, 0.5) is 0 Å². The lowest BCUT2D eigenvalue weighted by Crippen LogP contribution is -2.40. The number of methoxy groups -OCH3 is 1. The molecule has 0 aromatic heterocycles. The Hall–Kier alpha value is -0.770. The Kier molecular flexibility index (Phi) is 13.0. The van der Waals surface area contributed by atoms with Crippen molar-refractivity contribution in [2.45, 2.75) is 19.9 Å². The molecule has 25 heavy (non-hydrogen) atoms. The first-order chi connectivity index (χ1) is 11.5. The van der Waals surface area contributed by atoms with Gasteiger partial charge in [-0.3, -0.25) is 4.79 Å². The van der Waals surface area contributed by atoms with Gasteiger partial charge in [-0.1, -0.05) is 29.3 Å². The molecule has 1 aromatic rings. The molecule has 0 aliphatic carbocycles. The topological polar surface area (TPSA) is 74.8 Å². The molecule has 0 aliphatic heterocycles. The Bertz CT molecular complexity index is 573. The minimum absolute atomic E-state index is 0. The van der Waals surface area contributed by atoms with Crippen molar-refractivity contribution < 1.29 is 9.53 Å². The molecular weight excluding hydrogens is 478 g/mol. The van der Waals surface area contributed by atoms with Gasteiger partial charge in [0.2, 0.25) is 5.91 Å². The molecule has 9 heteroatoms. The van der Waals surface area contributed by atoms with Gasteiger partial charge in [0.25, 0.3) is 0 Å². The highest BCUT2D eigenvalue weighted by Gasteiger charge is 2.12. The highest BCUT2D eigenvalue weighted by Crippen LogP contribution is 2.25. The third-order valence-electron chi connectivity index (χ3n) is 3.14. The second-order valence-electron chi connectivity index (χ2n) is 5.07. The molecule has 142 valence electrons. The van der Waals surface area contributed by atoms with Gasteiger partial charge >= 0.3 is 0 Å². The maximum Gasteiger partial charge on any atom is 0.241 e. The number of hydrogen-bond donors (Lipinski definition) is 3. The summed E-state index contributed by atoms with van der Waals surface area (Å²) in [7, 11) is 1.58. The number of benzene rings is 1. The van der Waals surface area contributed by atoms with E-state index >= 15 is 0 Å². The van der Waals surface area contributed by atoms with E-state index in [9.17, 15) is 4.79 Å². The molecule has 3 N–H and O–H groups in total. The zero-order valence-electron chi connectivity index (χ0n) is 14.6. The zero-order chi connectivity index (χ0) is 17.9. The number of hydrogen-bond acceptors (Lipinski definition) is 3. The first-order valence-corrected chi connectivity index (χ1v) is 8.49. The lowest BCUT2D eigenvalue weighted by molar-refractivity contribution is -0.119. The molecule has 0 saturated carbocycles. The molecule has 0 spiro atoms. The molecule has 0 fully saturated rings. The summed E-state index contributed by atoms with van der Waals surface area (Å²) in [5.74, 6) is 0.374. The summed E-state index contributed by atoms with van der Waals surface area (Å²) in [6, 6.07) is 5.26. The Morgan fingerprint density at radius 1 is 1.32 bits per heavy atom. The molecule has 0 saturated heterocycles. The monoisotopic (exact) mass is 502 g/mol. The highest BCUT2D eigenvalue weighted by molar-refractivity contribution is 14.0. The summed E-state index contributed by atoms with van der Waals surface area (Å²) in [6.45, 7) is 5.56. The van der Waals surface area contributed by atoms with Crippen molar-refractivity contribution in [3.05, 3.63) is 33.8 Å². The van der Waals surface area contributed by atoms with E-state index in [0.29, 0.717) is 35.7 Å². The molecule has 0 radical (unpaired) electrons. The Balaban J connectivity index is 0.00000576. The average molecular weight is 503 g/mol. The standard InChI is InChI=1S/C16H24Cl2N4O2.HI/c1-4-19-16(21-10-15(23)20-7-8-24-3)22-11(2)13-6-5-12(17)9-14(13)18;/h5-6,9,11H,4,7-8,10H2,1-3H3,(H,20,23)(H2,19,21,22);1H. The summed E-state index contributed by atoms with van der Waals surface area (Å²) >= 11 is 12.1. The number of aliphatic imine (C=N–C) groups is 1. The van der Waals surface area contributed by atoms with Crippen molar-refractivity contribution in [3.63, 3.8) is 0 Å². The van der Waals surface area contributed by atoms with E-state index in [2.05, 4.69) is 20.9 Å². The van der Waals surface area contributed by atoms with Crippen LogP contribution in [0.25, 0.3) is 0 Å². The number of rotatable bonds is 8. The maximum absolute atomic E-state index is 11.7. The molecular formula is C16H25Cl2IN4O2. The van der Waals surface area contributed by atoms with Crippen LogP contribution in [0.5, 0.6) is 0 Å². The largest absolute Gasteiger partial charge is 0.383 e. The van der Waals surface area contributed by atoms with Crippen molar-refractivity contribution in [1.29, 1.82) is 0 Å². The first-order valence-electron chi connectivity index (χ1n) is 7.73. The maximum atomic E-state index is 11.7. The number of carbonyl (C=O) groups excluding carboxylic acids is 1. The van der Waals surface area contributed by atoms with Gasteiger partial charge in [0.1, 0.15) is 6.54 Å². The number of nitrogens with zero attached hydrogens (tertiary/aromatic N) is 1. The summed E-state index contributed by atoms with van der Waals surface area (Å²) in [4.78, 5) is 16.0. The van der Waals surface area contributed by atoms with Gasteiger partial charge in [-0.15, -0.1) is 24.0 Å². The fourth-order valence-electron chi connectivity index (χ4n) is 1.95. The van der Waals surface area contributed by atoms with Gasteiger partial charge in [-0.05, 0) is 31.5 Å². The summed E-state index contributed by atoms with van der Waals surface area (Å²) in [5, 5.41) is 10.2. The van der Waals surface area contributed by atoms with Gasteiger partial charge in [0, 0.05) is 30.2 Å². The van der Waals surface area contributed by atoms with E-state index in [0.717, 1.165) is 5.56 Å². The van der Waals surface area contributed by atoms with Crippen molar-refractivity contribution in [2.75, 3.05) is 33.4 Å². The number of carbonyl (C=O) groups is 1. The van der Waals surface area contributed by atoms with Crippen LogP contribution in [0.15, 0.2) is 23.2 Å². The van der Waals surface area contributed by atoms with Gasteiger partial charge < -0.3 is 20.7 Å². The van der Waals surface area contributed by atoms with Gasteiger partial charge in [-0.25, -0.2) is 4.99 Å². The smallest absolute Gasteiger partial charge is 0.241 e. The Morgan fingerprint density at radius 2 is 2.04 bits per heavy atom. The fourth-order valence-corrected chi connectivity index (χ4v) is 2.53. The fraction of sp³-hybridized carbons (Fsp3) is 0.500. The van der Waals surface area contributed by atoms with Gasteiger partial charge in [-0.2, -0.15) is 0 Å². The number of amides is 1. The second kappa shape index (κ2) is 13.4. The summed E-state index contributed by atoms with van der Waals surface area (Å²) in [6.07, 6.45) is 0. The SMILES string of the molecule is CCNC(=NCC(=O)NCCOC)NC(C)c1ccc(Cl)cc1Cl.I. The lowest BCUT2D eigenvalue weighted by Gasteiger charge is -2.19. The average Bonchev–Trinajstić information content (AvgIpc) is 2.53. The molecule has 1 aromatic carbocycles. The Labute approximate surface area is 176 Å². The van der Waals surface area contributed by atoms with Crippen LogP contribution in [0.1, 0.15) is 25.5 Å². The van der Waals surface area contributed by atoms with Crippen LogP contribution in [0.2, 0.25) is 10.0 Å². The van der Waals surface area contributed by atoms with Crippen LogP contribution >= 0.6 is 47.2 Å². The minimum atomic E-state index is -0.165. The molecule has 1 atom stereocenters. The third kappa shape index (κ3) is 9.48. The van der Waals surface area contributed by atoms with Crippen LogP contribution in [0.3, 0.4) is 0 Å². The Morgan fingerprint density at radius 3 is 2.64 bits per heavy atom. The minimum Gasteiger partial charge on any atom is -0.383 e. The zero-order valence-corrected chi connectivity index (χ0v) is 18.4. The number of nitrogens with one attached hydrogen (secondary N) is 3. The molecule has 6 nitrogen and oxygen atoms in total. The van der Waals surface area contributed by atoms with Crippen LogP contribution in [-0.2, 0) is 9.53 Å². The summed E-state index contributed by atoms with van der Waals surface area (Å²) < 4.78 is 4.88. The van der Waals surface area contributed by atoms with E-state index in [-0.39, 0.29) is 42.5 Å².